The van der Waals surface area contributed by atoms with E-state index in [1.165, 1.54) is 0 Å². The van der Waals surface area contributed by atoms with Crippen molar-refractivity contribution in [1.82, 2.24) is 20.8 Å². The zero-order valence-electron chi connectivity index (χ0n) is 14.1. The molecule has 1 aliphatic heterocycles. The Bertz CT molecular complexity index is 560. The summed E-state index contributed by atoms with van der Waals surface area (Å²) in [7, 11) is 0. The van der Waals surface area contributed by atoms with Gasteiger partial charge in [-0.05, 0) is 13.3 Å². The quantitative estimate of drug-likeness (QED) is 0.427. The molecule has 1 aliphatic carbocycles. The van der Waals surface area contributed by atoms with E-state index in [-0.39, 0.29) is 29.4 Å². The minimum absolute atomic E-state index is 0. The van der Waals surface area contributed by atoms with Gasteiger partial charge in [-0.1, -0.05) is 19.0 Å². The summed E-state index contributed by atoms with van der Waals surface area (Å²) < 4.78 is 10.8. The van der Waals surface area contributed by atoms with E-state index in [9.17, 15) is 0 Å². The maximum atomic E-state index is 5.84. The highest BCUT2D eigenvalue weighted by Gasteiger charge is 2.59. The summed E-state index contributed by atoms with van der Waals surface area (Å²) in [6.45, 7) is 10.4. The molecular weight excluding hydrogens is 409 g/mol. The molecule has 2 aliphatic rings. The van der Waals surface area contributed by atoms with Crippen molar-refractivity contribution in [3.63, 3.8) is 0 Å². The summed E-state index contributed by atoms with van der Waals surface area (Å²) in [6.07, 6.45) is 1.49. The zero-order valence-corrected chi connectivity index (χ0v) is 16.5. The van der Waals surface area contributed by atoms with E-state index in [0.717, 1.165) is 25.5 Å². The van der Waals surface area contributed by atoms with Crippen LogP contribution in [-0.2, 0) is 11.3 Å². The van der Waals surface area contributed by atoms with Crippen molar-refractivity contribution in [2.75, 3.05) is 13.2 Å². The van der Waals surface area contributed by atoms with Gasteiger partial charge in [-0.25, -0.2) is 4.99 Å². The number of hydrogen-bond donors (Lipinski definition) is 2. The molecule has 2 heterocycles. The monoisotopic (exact) mass is 435 g/mol. The number of nitrogens with one attached hydrogen (secondary N) is 2. The maximum Gasteiger partial charge on any atom is 0.223 e. The first-order chi connectivity index (χ1) is 10.5. The Hall–Kier alpha value is -0.900. The summed E-state index contributed by atoms with van der Waals surface area (Å²) in [5.41, 5.74) is 0.125. The number of aliphatic imine (C=N–C) groups is 1. The summed E-state index contributed by atoms with van der Waals surface area (Å²) in [5, 5.41) is 10.7. The van der Waals surface area contributed by atoms with Crippen LogP contribution in [0.1, 0.15) is 38.9 Å². The van der Waals surface area contributed by atoms with Crippen LogP contribution >= 0.6 is 24.0 Å². The number of aromatic nitrogens is 2. The standard InChI is InChI=1S/C15H25N5O2.HI/c1-5-16-14(17-8-11-18-9(2)22-20-11)19-12-10-6-7-21-13(10)15(12,3)4;/h10,12-13H,5-8H2,1-4H3,(H2,16,17,19);1H. The van der Waals surface area contributed by atoms with Crippen molar-refractivity contribution in [2.45, 2.75) is 52.8 Å². The van der Waals surface area contributed by atoms with Gasteiger partial charge in [0.2, 0.25) is 5.89 Å². The van der Waals surface area contributed by atoms with Gasteiger partial charge in [-0.2, -0.15) is 4.98 Å². The average Bonchev–Trinajstić information content (AvgIpc) is 3.09. The largest absolute Gasteiger partial charge is 0.377 e. The molecule has 2 N–H and O–H groups in total. The van der Waals surface area contributed by atoms with Crippen molar-refractivity contribution in [2.24, 2.45) is 16.3 Å². The predicted molar refractivity (Wildman–Crippen MR) is 97.8 cm³/mol. The molecule has 8 heteroatoms. The van der Waals surface area contributed by atoms with Gasteiger partial charge < -0.3 is 19.9 Å². The molecule has 0 bridgehead atoms. The molecule has 0 spiro atoms. The molecule has 0 radical (unpaired) electrons. The number of hydrogen-bond acceptors (Lipinski definition) is 5. The Labute approximate surface area is 154 Å². The topological polar surface area (TPSA) is 84.6 Å². The van der Waals surface area contributed by atoms with E-state index in [0.29, 0.717) is 36.3 Å². The van der Waals surface area contributed by atoms with Crippen molar-refractivity contribution in [3.8, 4) is 0 Å². The van der Waals surface area contributed by atoms with Gasteiger partial charge >= 0.3 is 0 Å². The molecule has 1 saturated heterocycles. The fraction of sp³-hybridized carbons (Fsp3) is 0.800. The van der Waals surface area contributed by atoms with Crippen LogP contribution in [0.2, 0.25) is 0 Å². The van der Waals surface area contributed by atoms with Crippen LogP contribution in [0.3, 0.4) is 0 Å². The van der Waals surface area contributed by atoms with E-state index in [2.05, 4.69) is 46.5 Å². The van der Waals surface area contributed by atoms with Gasteiger partial charge in [0.05, 0.1) is 6.10 Å². The third kappa shape index (κ3) is 3.62. The highest BCUT2D eigenvalue weighted by atomic mass is 127. The molecule has 23 heavy (non-hydrogen) atoms. The van der Waals surface area contributed by atoms with E-state index in [1.54, 1.807) is 6.92 Å². The number of aryl methyl sites for hydroxylation is 1. The molecule has 1 aromatic heterocycles. The molecule has 3 unspecified atom stereocenters. The lowest BCUT2D eigenvalue weighted by atomic mass is 9.57. The van der Waals surface area contributed by atoms with Crippen LogP contribution in [-0.4, -0.2) is 41.4 Å². The number of nitrogens with zero attached hydrogens (tertiary/aromatic N) is 3. The van der Waals surface area contributed by atoms with Crippen LogP contribution in [0.25, 0.3) is 0 Å². The van der Waals surface area contributed by atoms with Crippen LogP contribution in [0, 0.1) is 18.3 Å². The first-order valence-electron chi connectivity index (χ1n) is 7.98. The molecule has 1 saturated carbocycles. The van der Waals surface area contributed by atoms with Crippen molar-refractivity contribution >= 4 is 29.9 Å². The lowest BCUT2D eigenvalue weighted by Crippen LogP contribution is -2.67. The summed E-state index contributed by atoms with van der Waals surface area (Å²) in [5.74, 6) is 2.54. The Kier molecular flexibility index (Phi) is 5.88. The highest BCUT2D eigenvalue weighted by molar-refractivity contribution is 14.0. The molecule has 2 fully saturated rings. The fourth-order valence-electron chi connectivity index (χ4n) is 3.64. The molecule has 0 aromatic carbocycles. The van der Waals surface area contributed by atoms with E-state index in [1.807, 2.05) is 0 Å². The first kappa shape index (κ1) is 18.4. The molecule has 1 aromatic rings. The predicted octanol–water partition coefficient (Wildman–Crippen LogP) is 1.86. The Morgan fingerprint density at radius 2 is 2.22 bits per heavy atom. The summed E-state index contributed by atoms with van der Waals surface area (Å²) in [6, 6.07) is 0.379. The number of fused-ring (bicyclic) bond motifs is 1. The van der Waals surface area contributed by atoms with Crippen molar-refractivity contribution in [3.05, 3.63) is 11.7 Å². The van der Waals surface area contributed by atoms with Crippen molar-refractivity contribution in [1.29, 1.82) is 0 Å². The smallest absolute Gasteiger partial charge is 0.223 e. The van der Waals surface area contributed by atoms with Crippen molar-refractivity contribution < 1.29 is 9.26 Å². The second-order valence-electron chi connectivity index (χ2n) is 6.61. The first-order valence-corrected chi connectivity index (χ1v) is 7.98. The van der Waals surface area contributed by atoms with Gasteiger partial charge in [-0.3, -0.25) is 0 Å². The summed E-state index contributed by atoms with van der Waals surface area (Å²) in [4.78, 5) is 8.74. The van der Waals surface area contributed by atoms with E-state index < -0.39 is 0 Å². The number of rotatable bonds is 4. The van der Waals surface area contributed by atoms with Crippen LogP contribution in [0.4, 0.5) is 0 Å². The number of guanidine groups is 1. The molecule has 7 nitrogen and oxygen atoms in total. The molecular formula is C15H26IN5O2. The van der Waals surface area contributed by atoms with Gasteiger partial charge in [0.1, 0.15) is 6.54 Å². The van der Waals surface area contributed by atoms with Crippen LogP contribution < -0.4 is 10.6 Å². The highest BCUT2D eigenvalue weighted by Crippen LogP contribution is 2.52. The second-order valence-corrected chi connectivity index (χ2v) is 6.61. The minimum atomic E-state index is 0. The number of ether oxygens (including phenoxy) is 1. The maximum absolute atomic E-state index is 5.84. The van der Waals surface area contributed by atoms with Gasteiger partial charge in [0.25, 0.3) is 0 Å². The Morgan fingerprint density at radius 1 is 1.43 bits per heavy atom. The molecule has 130 valence electrons. The molecule has 3 rings (SSSR count). The zero-order chi connectivity index (χ0) is 15.7. The molecule has 3 atom stereocenters. The lowest BCUT2D eigenvalue weighted by Gasteiger charge is -2.54. The van der Waals surface area contributed by atoms with Crippen LogP contribution in [0.15, 0.2) is 9.52 Å². The average molecular weight is 435 g/mol. The van der Waals surface area contributed by atoms with E-state index >= 15 is 0 Å². The Morgan fingerprint density at radius 3 is 2.87 bits per heavy atom. The third-order valence-electron chi connectivity index (χ3n) is 4.69. The fourth-order valence-corrected chi connectivity index (χ4v) is 3.64. The third-order valence-corrected chi connectivity index (χ3v) is 4.69. The number of halogens is 1. The normalized spacial score (nSPS) is 28.5. The SMILES string of the molecule is CCNC(=NCc1noc(C)n1)NC1C2CCOC2C1(C)C.I. The van der Waals surface area contributed by atoms with E-state index in [4.69, 9.17) is 9.26 Å². The Balaban J connectivity index is 0.00000192. The minimum Gasteiger partial charge on any atom is -0.377 e. The molecule has 0 amide bonds. The summed E-state index contributed by atoms with van der Waals surface area (Å²) >= 11 is 0. The van der Waals surface area contributed by atoms with Crippen LogP contribution in [0.5, 0.6) is 0 Å². The van der Waals surface area contributed by atoms with Gasteiger partial charge in [-0.15, -0.1) is 24.0 Å². The van der Waals surface area contributed by atoms with Gasteiger partial charge in [0.15, 0.2) is 11.8 Å². The lowest BCUT2D eigenvalue weighted by molar-refractivity contribution is -0.106. The van der Waals surface area contributed by atoms with Gasteiger partial charge in [0, 0.05) is 37.5 Å². The second kappa shape index (κ2) is 7.33.